The summed E-state index contributed by atoms with van der Waals surface area (Å²) in [6.45, 7) is 0. The lowest BCUT2D eigenvalue weighted by molar-refractivity contribution is 1.07. The molecule has 0 amide bonds. The van der Waals surface area contributed by atoms with Crippen molar-refractivity contribution in [2.75, 3.05) is 0 Å². The Morgan fingerprint density at radius 3 is 1.32 bits per heavy atom. The van der Waals surface area contributed by atoms with Crippen LogP contribution in [0, 0.1) is 0 Å². The number of fused-ring (bicyclic) bond motifs is 3. The van der Waals surface area contributed by atoms with Gasteiger partial charge in [0.2, 0.25) is 0 Å². The fourth-order valence-corrected chi connectivity index (χ4v) is 13.1. The van der Waals surface area contributed by atoms with E-state index in [4.69, 9.17) is 15.0 Å². The van der Waals surface area contributed by atoms with Crippen LogP contribution in [0.2, 0.25) is 0 Å². The first-order valence-corrected chi connectivity index (χ1v) is 21.0. The van der Waals surface area contributed by atoms with Crippen LogP contribution in [-0.4, -0.2) is 27.6 Å². The van der Waals surface area contributed by atoms with Crippen LogP contribution in [0.25, 0.3) is 61.7 Å². The lowest BCUT2D eigenvalue weighted by Crippen LogP contribution is -2.74. The number of para-hydroxylation sites is 2. The Labute approximate surface area is 327 Å². The average molecular weight is 733 g/mol. The predicted molar refractivity (Wildman–Crippen MR) is 234 cm³/mol. The van der Waals surface area contributed by atoms with E-state index in [1.54, 1.807) is 0 Å². The Hall–Kier alpha value is -7.21. The molecule has 4 nitrogen and oxygen atoms in total. The molecule has 0 aliphatic heterocycles. The fraction of sp³-hybridized carbons (Fsp3) is 0. The van der Waals surface area contributed by atoms with Gasteiger partial charge in [0.1, 0.15) is 0 Å². The number of nitrogens with zero attached hydrogens (tertiary/aromatic N) is 4. The quantitative estimate of drug-likeness (QED) is 0.116. The van der Waals surface area contributed by atoms with Gasteiger partial charge in [0.25, 0.3) is 0 Å². The first-order chi connectivity index (χ1) is 27.8. The summed E-state index contributed by atoms with van der Waals surface area (Å²) in [4.78, 5) is 15.4. The van der Waals surface area contributed by atoms with E-state index in [1.165, 1.54) is 26.1 Å². The SMILES string of the molecule is c1ccc(-c2nc(-c3ccccc3)nc(-c3cccc4c5ccccc5n(-c5cccc([Si](c6ccccc6)(c6ccccc6)c6ccccc6)c5)c34)n2)cc1. The smallest absolute Gasteiger partial charge is 0.179 e. The van der Waals surface area contributed by atoms with Gasteiger partial charge in [-0.2, -0.15) is 0 Å². The highest BCUT2D eigenvalue weighted by Gasteiger charge is 2.41. The van der Waals surface area contributed by atoms with Gasteiger partial charge in [0.05, 0.1) is 11.0 Å². The zero-order valence-electron chi connectivity index (χ0n) is 30.6. The number of aromatic nitrogens is 4. The Morgan fingerprint density at radius 2 is 0.768 bits per heavy atom. The van der Waals surface area contributed by atoms with Gasteiger partial charge in [-0.05, 0) is 45.0 Å². The van der Waals surface area contributed by atoms with Gasteiger partial charge in [0.15, 0.2) is 25.5 Å². The summed E-state index contributed by atoms with van der Waals surface area (Å²) in [5, 5.41) is 7.63. The maximum absolute atomic E-state index is 5.20. The molecule has 10 rings (SSSR count). The largest absolute Gasteiger partial charge is 0.309 e. The topological polar surface area (TPSA) is 43.6 Å². The highest BCUT2D eigenvalue weighted by atomic mass is 28.3. The number of hydrogen-bond acceptors (Lipinski definition) is 3. The van der Waals surface area contributed by atoms with E-state index in [0.717, 1.165) is 38.8 Å². The fourth-order valence-electron chi connectivity index (χ4n) is 8.34. The molecular formula is C51H36N4Si. The lowest BCUT2D eigenvalue weighted by atomic mass is 10.1. The number of benzene rings is 8. The minimum Gasteiger partial charge on any atom is -0.309 e. The Morgan fingerprint density at radius 1 is 0.339 bits per heavy atom. The Bertz CT molecular complexity index is 2790. The molecule has 0 aliphatic carbocycles. The van der Waals surface area contributed by atoms with Crippen molar-refractivity contribution in [3.8, 4) is 39.9 Å². The molecule has 2 heterocycles. The molecule has 0 aliphatic rings. The molecule has 8 aromatic carbocycles. The molecule has 0 fully saturated rings. The lowest BCUT2D eigenvalue weighted by Gasteiger charge is -2.34. The van der Waals surface area contributed by atoms with Crippen LogP contribution < -0.4 is 20.7 Å². The average Bonchev–Trinajstić information content (AvgIpc) is 3.63. The monoisotopic (exact) mass is 732 g/mol. The summed E-state index contributed by atoms with van der Waals surface area (Å²) < 4.78 is 2.41. The van der Waals surface area contributed by atoms with Crippen LogP contribution in [0.4, 0.5) is 0 Å². The zero-order valence-corrected chi connectivity index (χ0v) is 31.6. The van der Waals surface area contributed by atoms with E-state index in [9.17, 15) is 0 Å². The maximum Gasteiger partial charge on any atom is 0.179 e. The highest BCUT2D eigenvalue weighted by Crippen LogP contribution is 2.38. The van der Waals surface area contributed by atoms with Gasteiger partial charge >= 0.3 is 0 Å². The molecule has 56 heavy (non-hydrogen) atoms. The molecule has 0 bridgehead atoms. The molecule has 0 N–H and O–H groups in total. The number of rotatable bonds is 8. The molecule has 264 valence electrons. The van der Waals surface area contributed by atoms with Crippen molar-refractivity contribution in [3.63, 3.8) is 0 Å². The molecule has 0 unspecified atom stereocenters. The minimum absolute atomic E-state index is 0.630. The molecule has 0 radical (unpaired) electrons. The van der Waals surface area contributed by atoms with Crippen LogP contribution >= 0.6 is 0 Å². The van der Waals surface area contributed by atoms with Crippen LogP contribution in [0.3, 0.4) is 0 Å². The van der Waals surface area contributed by atoms with Crippen LogP contribution in [0.5, 0.6) is 0 Å². The van der Waals surface area contributed by atoms with Crippen LogP contribution in [0.15, 0.2) is 218 Å². The summed E-state index contributed by atoms with van der Waals surface area (Å²) in [7, 11) is -2.79. The molecule has 0 atom stereocenters. The third-order valence-electron chi connectivity index (χ3n) is 10.8. The molecule has 0 saturated heterocycles. The van der Waals surface area contributed by atoms with Crippen molar-refractivity contribution in [2.24, 2.45) is 0 Å². The third-order valence-corrected chi connectivity index (χ3v) is 15.6. The first-order valence-electron chi connectivity index (χ1n) is 19.0. The summed E-state index contributed by atoms with van der Waals surface area (Å²) in [6.07, 6.45) is 0. The van der Waals surface area contributed by atoms with Gasteiger partial charge in [0, 0.05) is 33.2 Å². The van der Waals surface area contributed by atoms with Crippen molar-refractivity contribution in [2.45, 2.75) is 0 Å². The van der Waals surface area contributed by atoms with Gasteiger partial charge < -0.3 is 4.57 Å². The van der Waals surface area contributed by atoms with Crippen molar-refractivity contribution >= 4 is 50.6 Å². The second-order valence-corrected chi connectivity index (χ2v) is 17.8. The van der Waals surface area contributed by atoms with Crippen molar-refractivity contribution in [3.05, 3.63) is 218 Å². The standard InChI is InChI=1S/C51H36N4Si/c1-6-20-37(21-7-1)49-52-50(38-22-8-2-9-23-38)54-51(53-49)46-34-19-33-45-44-32-16-17-35-47(44)55(48(45)46)39-24-18-31-43(36-39)56(40-25-10-3-11-26-40,41-27-12-4-13-28-41)42-29-14-5-15-30-42/h1-36H. The minimum atomic E-state index is -2.79. The van der Waals surface area contributed by atoms with Crippen molar-refractivity contribution < 1.29 is 0 Å². The molecular weight excluding hydrogens is 697 g/mol. The Balaban J connectivity index is 1.27. The number of hydrogen-bond donors (Lipinski definition) is 0. The molecule has 5 heteroatoms. The maximum atomic E-state index is 5.20. The van der Waals surface area contributed by atoms with Crippen molar-refractivity contribution in [1.29, 1.82) is 0 Å². The van der Waals surface area contributed by atoms with Gasteiger partial charge in [-0.15, -0.1) is 0 Å². The van der Waals surface area contributed by atoms with E-state index in [2.05, 4.69) is 187 Å². The molecule has 0 saturated carbocycles. The van der Waals surface area contributed by atoms with Gasteiger partial charge in [-0.3, -0.25) is 0 Å². The Kier molecular flexibility index (Phi) is 8.47. The van der Waals surface area contributed by atoms with Crippen LogP contribution in [0.1, 0.15) is 0 Å². The predicted octanol–water partition coefficient (Wildman–Crippen LogP) is 9.35. The first kappa shape index (κ1) is 33.4. The van der Waals surface area contributed by atoms with E-state index in [0.29, 0.717) is 17.5 Å². The normalized spacial score (nSPS) is 11.6. The molecule has 0 spiro atoms. The second kappa shape index (κ2) is 14.2. The van der Waals surface area contributed by atoms with E-state index < -0.39 is 8.07 Å². The summed E-state index contributed by atoms with van der Waals surface area (Å²) >= 11 is 0. The summed E-state index contributed by atoms with van der Waals surface area (Å²) in [5.41, 5.74) is 6.09. The summed E-state index contributed by atoms with van der Waals surface area (Å²) in [5.74, 6) is 1.91. The molecule has 2 aromatic heterocycles. The van der Waals surface area contributed by atoms with Gasteiger partial charge in [-0.1, -0.05) is 194 Å². The van der Waals surface area contributed by atoms with E-state index in [1.807, 2.05) is 36.4 Å². The second-order valence-electron chi connectivity index (χ2n) is 14.0. The third kappa shape index (κ3) is 5.65. The summed E-state index contributed by atoms with van der Waals surface area (Å²) in [6, 6.07) is 78.0. The van der Waals surface area contributed by atoms with Crippen LogP contribution in [-0.2, 0) is 0 Å². The van der Waals surface area contributed by atoms with E-state index in [-0.39, 0.29) is 0 Å². The van der Waals surface area contributed by atoms with Gasteiger partial charge in [-0.25, -0.2) is 15.0 Å². The van der Waals surface area contributed by atoms with E-state index >= 15 is 0 Å². The zero-order chi connectivity index (χ0) is 37.3. The highest BCUT2D eigenvalue weighted by molar-refractivity contribution is 7.19. The molecule has 10 aromatic rings. The van der Waals surface area contributed by atoms with Crippen molar-refractivity contribution in [1.82, 2.24) is 19.5 Å².